The number of benzene rings is 2. The normalized spacial score (nSPS) is 13.2. The van der Waals surface area contributed by atoms with E-state index < -0.39 is 0 Å². The maximum Gasteiger partial charge on any atom is 0.322 e. The smallest absolute Gasteiger partial charge is 0.322 e. The van der Waals surface area contributed by atoms with E-state index in [0.29, 0.717) is 23.8 Å². The molecule has 144 valence electrons. The first-order valence-corrected chi connectivity index (χ1v) is 10.2. The monoisotopic (exact) mass is 413 g/mol. The molecule has 0 spiro atoms. The van der Waals surface area contributed by atoms with Crippen LogP contribution < -0.4 is 10.1 Å². The highest BCUT2D eigenvalue weighted by atomic mass is 35.5. The topological polar surface area (TPSA) is 54.5 Å². The summed E-state index contributed by atoms with van der Waals surface area (Å²) >= 11 is 7.87. The van der Waals surface area contributed by atoms with Gasteiger partial charge in [-0.2, -0.15) is 0 Å². The minimum absolute atomic E-state index is 0.143. The molecule has 3 aromatic rings. The molecule has 7 heteroatoms. The fourth-order valence-electron chi connectivity index (χ4n) is 3.14. The number of methoxy groups -OCH3 is 1. The first-order valence-electron chi connectivity index (χ1n) is 8.98. The lowest BCUT2D eigenvalue weighted by Gasteiger charge is -2.26. The molecule has 1 aromatic heterocycles. The summed E-state index contributed by atoms with van der Waals surface area (Å²) in [5, 5.41) is 4.43. The van der Waals surface area contributed by atoms with Gasteiger partial charge in [0.15, 0.2) is 0 Å². The number of halogens is 1. The molecule has 0 atom stereocenters. The second kappa shape index (κ2) is 7.81. The SMILES string of the molecule is COc1ccc(-c2nc3c(s2)CN(C(=O)Nc2ccc(C)cc2Cl)CC3)cc1. The van der Waals surface area contributed by atoms with Crippen LogP contribution in [0.2, 0.25) is 5.02 Å². The number of ether oxygens (including phenoxy) is 1. The summed E-state index contributed by atoms with van der Waals surface area (Å²) < 4.78 is 5.21. The minimum atomic E-state index is -0.143. The van der Waals surface area contributed by atoms with Gasteiger partial charge in [-0.3, -0.25) is 0 Å². The van der Waals surface area contributed by atoms with Crippen molar-refractivity contribution in [3.05, 3.63) is 63.6 Å². The number of carbonyl (C=O) groups excluding carboxylic acids is 1. The van der Waals surface area contributed by atoms with E-state index in [1.54, 1.807) is 23.3 Å². The van der Waals surface area contributed by atoms with Crippen LogP contribution in [0.3, 0.4) is 0 Å². The minimum Gasteiger partial charge on any atom is -0.497 e. The lowest BCUT2D eigenvalue weighted by Crippen LogP contribution is -2.38. The van der Waals surface area contributed by atoms with Crippen molar-refractivity contribution in [3.8, 4) is 16.3 Å². The zero-order chi connectivity index (χ0) is 19.7. The highest BCUT2D eigenvalue weighted by Crippen LogP contribution is 2.33. The van der Waals surface area contributed by atoms with E-state index in [2.05, 4.69) is 5.32 Å². The fraction of sp³-hybridized carbons (Fsp3) is 0.238. The van der Waals surface area contributed by atoms with Crippen LogP contribution in [0.25, 0.3) is 10.6 Å². The zero-order valence-electron chi connectivity index (χ0n) is 15.7. The summed E-state index contributed by atoms with van der Waals surface area (Å²) in [7, 11) is 1.65. The molecule has 5 nitrogen and oxygen atoms in total. The number of hydrogen-bond acceptors (Lipinski definition) is 4. The average molecular weight is 414 g/mol. The predicted octanol–water partition coefficient (Wildman–Crippen LogP) is 5.37. The Kier molecular flexibility index (Phi) is 5.24. The average Bonchev–Trinajstić information content (AvgIpc) is 3.13. The van der Waals surface area contributed by atoms with E-state index in [0.717, 1.165) is 38.9 Å². The fourth-order valence-corrected chi connectivity index (χ4v) is 4.55. The number of hydrogen-bond donors (Lipinski definition) is 1. The maximum atomic E-state index is 12.7. The number of amides is 2. The largest absolute Gasteiger partial charge is 0.497 e. The number of aromatic nitrogens is 1. The van der Waals surface area contributed by atoms with Crippen LogP contribution in [-0.2, 0) is 13.0 Å². The van der Waals surface area contributed by atoms with Crippen molar-refractivity contribution < 1.29 is 9.53 Å². The molecule has 1 aliphatic rings. The van der Waals surface area contributed by atoms with Gasteiger partial charge in [0.2, 0.25) is 0 Å². The Bertz CT molecular complexity index is 1020. The van der Waals surface area contributed by atoms with Gasteiger partial charge < -0.3 is 15.0 Å². The Morgan fingerprint density at radius 1 is 1.25 bits per heavy atom. The molecule has 0 saturated heterocycles. The van der Waals surface area contributed by atoms with Gasteiger partial charge in [-0.1, -0.05) is 17.7 Å². The van der Waals surface area contributed by atoms with Crippen LogP contribution in [0.15, 0.2) is 42.5 Å². The van der Waals surface area contributed by atoms with Crippen molar-refractivity contribution >= 4 is 34.7 Å². The van der Waals surface area contributed by atoms with Crippen LogP contribution >= 0.6 is 22.9 Å². The van der Waals surface area contributed by atoms with Crippen molar-refractivity contribution in [2.75, 3.05) is 19.0 Å². The highest BCUT2D eigenvalue weighted by molar-refractivity contribution is 7.15. The quantitative estimate of drug-likeness (QED) is 0.627. The number of rotatable bonds is 3. The van der Waals surface area contributed by atoms with E-state index in [1.807, 2.05) is 49.4 Å². The molecule has 2 amide bonds. The Morgan fingerprint density at radius 3 is 2.75 bits per heavy atom. The molecule has 0 saturated carbocycles. The van der Waals surface area contributed by atoms with Crippen molar-refractivity contribution in [3.63, 3.8) is 0 Å². The van der Waals surface area contributed by atoms with Gasteiger partial charge in [0.25, 0.3) is 0 Å². The number of thiazole rings is 1. The lowest BCUT2D eigenvalue weighted by atomic mass is 10.2. The number of nitrogens with zero attached hydrogens (tertiary/aromatic N) is 2. The Hall–Kier alpha value is -2.57. The van der Waals surface area contributed by atoms with E-state index >= 15 is 0 Å². The molecule has 1 N–H and O–H groups in total. The second-order valence-corrected chi connectivity index (χ2v) is 8.19. The molecule has 4 rings (SSSR count). The summed E-state index contributed by atoms with van der Waals surface area (Å²) in [6.45, 7) is 3.15. The number of anilines is 1. The number of carbonyl (C=O) groups is 1. The number of aryl methyl sites for hydroxylation is 1. The van der Waals surface area contributed by atoms with E-state index in [1.165, 1.54) is 0 Å². The molecule has 0 unspecified atom stereocenters. The Morgan fingerprint density at radius 2 is 2.04 bits per heavy atom. The summed E-state index contributed by atoms with van der Waals surface area (Å²) in [5.74, 6) is 0.822. The van der Waals surface area contributed by atoms with Crippen molar-refractivity contribution in [1.29, 1.82) is 0 Å². The van der Waals surface area contributed by atoms with Gasteiger partial charge in [-0.15, -0.1) is 11.3 Å². The predicted molar refractivity (Wildman–Crippen MR) is 113 cm³/mol. The maximum absolute atomic E-state index is 12.7. The van der Waals surface area contributed by atoms with Crippen LogP contribution in [0, 0.1) is 6.92 Å². The first kappa shape index (κ1) is 18.8. The van der Waals surface area contributed by atoms with Crippen molar-refractivity contribution in [1.82, 2.24) is 9.88 Å². The van der Waals surface area contributed by atoms with Gasteiger partial charge in [0.1, 0.15) is 10.8 Å². The van der Waals surface area contributed by atoms with Crippen LogP contribution in [0.5, 0.6) is 5.75 Å². The summed E-state index contributed by atoms with van der Waals surface area (Å²) in [6, 6.07) is 13.3. The van der Waals surface area contributed by atoms with Crippen LogP contribution in [0.4, 0.5) is 10.5 Å². The zero-order valence-corrected chi connectivity index (χ0v) is 17.2. The van der Waals surface area contributed by atoms with E-state index in [-0.39, 0.29) is 6.03 Å². The van der Waals surface area contributed by atoms with Gasteiger partial charge in [-0.05, 0) is 48.9 Å². The summed E-state index contributed by atoms with van der Waals surface area (Å²) in [6.07, 6.45) is 0.747. The molecular formula is C21H20ClN3O2S. The second-order valence-electron chi connectivity index (χ2n) is 6.70. The van der Waals surface area contributed by atoms with Crippen molar-refractivity contribution in [2.24, 2.45) is 0 Å². The molecule has 0 radical (unpaired) electrons. The summed E-state index contributed by atoms with van der Waals surface area (Å²) in [5.41, 5.74) is 3.82. The molecule has 0 bridgehead atoms. The molecule has 0 fully saturated rings. The van der Waals surface area contributed by atoms with Gasteiger partial charge in [0.05, 0.1) is 30.1 Å². The van der Waals surface area contributed by atoms with Gasteiger partial charge in [0, 0.05) is 23.4 Å². The molecule has 2 heterocycles. The lowest BCUT2D eigenvalue weighted by molar-refractivity contribution is 0.207. The number of urea groups is 1. The van der Waals surface area contributed by atoms with Gasteiger partial charge >= 0.3 is 6.03 Å². The first-order chi connectivity index (χ1) is 13.5. The third-order valence-electron chi connectivity index (χ3n) is 4.72. The highest BCUT2D eigenvalue weighted by Gasteiger charge is 2.25. The van der Waals surface area contributed by atoms with Crippen LogP contribution in [-0.4, -0.2) is 29.6 Å². The molecule has 2 aromatic carbocycles. The van der Waals surface area contributed by atoms with E-state index in [9.17, 15) is 4.79 Å². The number of fused-ring (bicyclic) bond motifs is 1. The Labute approximate surface area is 172 Å². The molecule has 1 aliphatic heterocycles. The third kappa shape index (κ3) is 3.84. The molecule has 28 heavy (non-hydrogen) atoms. The van der Waals surface area contributed by atoms with Crippen LogP contribution in [0.1, 0.15) is 16.1 Å². The van der Waals surface area contributed by atoms with Crippen molar-refractivity contribution in [2.45, 2.75) is 19.9 Å². The standard InChI is InChI=1S/C21H20ClN3O2S/c1-13-3-8-17(16(22)11-13)24-21(26)25-10-9-18-19(12-25)28-20(23-18)14-4-6-15(27-2)7-5-14/h3-8,11H,9-10,12H2,1-2H3,(H,24,26). The third-order valence-corrected chi connectivity index (χ3v) is 6.17. The van der Waals surface area contributed by atoms with E-state index in [4.69, 9.17) is 21.3 Å². The number of nitrogens with one attached hydrogen (secondary N) is 1. The molecular weight excluding hydrogens is 394 g/mol. The van der Waals surface area contributed by atoms with Gasteiger partial charge in [-0.25, -0.2) is 9.78 Å². The summed E-state index contributed by atoms with van der Waals surface area (Å²) in [4.78, 5) is 20.4. The Balaban J connectivity index is 1.48. The molecule has 0 aliphatic carbocycles.